The molecule has 16 heavy (non-hydrogen) atoms. The van der Waals surface area contributed by atoms with Crippen LogP contribution in [0.25, 0.3) is 0 Å². The Morgan fingerprint density at radius 1 is 1.62 bits per heavy atom. The number of hydrogen-bond donors (Lipinski definition) is 1. The van der Waals surface area contributed by atoms with Crippen LogP contribution in [-0.2, 0) is 16.0 Å². The monoisotopic (exact) mass is 347 g/mol. The van der Waals surface area contributed by atoms with Crippen LogP contribution in [0.15, 0.2) is 17.0 Å². The summed E-state index contributed by atoms with van der Waals surface area (Å²) in [5.41, 5.74) is 1.23. The Bertz CT molecular complexity index is 454. The minimum absolute atomic E-state index is 0.151. The lowest BCUT2D eigenvalue weighted by Crippen LogP contribution is -2.08. The third-order valence-electron chi connectivity index (χ3n) is 1.96. The van der Waals surface area contributed by atoms with Crippen molar-refractivity contribution in [2.75, 3.05) is 6.61 Å². The van der Waals surface area contributed by atoms with E-state index in [1.807, 2.05) is 0 Å². The van der Waals surface area contributed by atoms with Gasteiger partial charge in [-0.3, -0.25) is 4.79 Å². The fraction of sp³-hybridized carbons (Fsp3) is 0.273. The average Bonchev–Trinajstić information content (AvgIpc) is 2.23. The van der Waals surface area contributed by atoms with E-state index in [-0.39, 0.29) is 12.4 Å². The number of carbonyl (C=O) groups is 1. The van der Waals surface area contributed by atoms with Gasteiger partial charge in [0.1, 0.15) is 6.07 Å². The number of nitriles is 1. The normalized spacial score (nSPS) is 9.62. The molecule has 3 nitrogen and oxygen atoms in total. The van der Waals surface area contributed by atoms with E-state index in [0.717, 1.165) is 9.13 Å². The van der Waals surface area contributed by atoms with E-state index in [4.69, 9.17) is 10.00 Å². The Kier molecular flexibility index (Phi) is 5.09. The number of hydrogen-bond acceptors (Lipinski definition) is 4. The molecule has 0 fully saturated rings. The predicted octanol–water partition coefficient (Wildman–Crippen LogP) is 2.56. The molecule has 0 aliphatic rings. The molecule has 1 rings (SSSR count). The molecule has 0 aliphatic heterocycles. The Hall–Kier alpha value is -0.740. The third-order valence-corrected chi connectivity index (χ3v) is 3.37. The van der Waals surface area contributed by atoms with Crippen molar-refractivity contribution in [2.24, 2.45) is 0 Å². The SMILES string of the molecule is CCOC(=O)Cc1ccc(I)c(C#N)c1S. The second-order valence-corrected chi connectivity index (χ2v) is 4.63. The fourth-order valence-electron chi connectivity index (χ4n) is 1.23. The van der Waals surface area contributed by atoms with Crippen LogP contribution in [0.4, 0.5) is 0 Å². The quantitative estimate of drug-likeness (QED) is 0.519. The van der Waals surface area contributed by atoms with E-state index in [2.05, 4.69) is 41.3 Å². The van der Waals surface area contributed by atoms with Crippen molar-refractivity contribution in [1.29, 1.82) is 5.26 Å². The van der Waals surface area contributed by atoms with Gasteiger partial charge >= 0.3 is 5.97 Å². The first-order valence-electron chi connectivity index (χ1n) is 4.66. The van der Waals surface area contributed by atoms with Gasteiger partial charge in [0.15, 0.2) is 0 Å². The minimum atomic E-state index is -0.303. The van der Waals surface area contributed by atoms with Gasteiger partial charge in [0.25, 0.3) is 0 Å². The molecule has 5 heteroatoms. The highest BCUT2D eigenvalue weighted by Crippen LogP contribution is 2.24. The molecule has 0 bridgehead atoms. The van der Waals surface area contributed by atoms with Gasteiger partial charge < -0.3 is 4.74 Å². The molecule has 0 atom stereocenters. The first-order valence-corrected chi connectivity index (χ1v) is 6.18. The van der Waals surface area contributed by atoms with Gasteiger partial charge in [0.05, 0.1) is 18.6 Å². The minimum Gasteiger partial charge on any atom is -0.466 e. The summed E-state index contributed by atoms with van der Waals surface area (Å²) in [6.45, 7) is 2.12. The number of esters is 1. The van der Waals surface area contributed by atoms with Crippen LogP contribution in [0.2, 0.25) is 0 Å². The zero-order valence-corrected chi connectivity index (χ0v) is 11.7. The number of carbonyl (C=O) groups excluding carboxylic acids is 1. The van der Waals surface area contributed by atoms with Crippen LogP contribution in [0.5, 0.6) is 0 Å². The molecule has 0 aromatic heterocycles. The zero-order chi connectivity index (χ0) is 12.1. The van der Waals surface area contributed by atoms with E-state index < -0.39 is 0 Å². The first kappa shape index (κ1) is 13.3. The Balaban J connectivity index is 2.99. The molecular weight excluding hydrogens is 337 g/mol. The van der Waals surface area contributed by atoms with Crippen molar-refractivity contribution in [1.82, 2.24) is 0 Å². The zero-order valence-electron chi connectivity index (χ0n) is 8.66. The predicted molar refractivity (Wildman–Crippen MR) is 71.5 cm³/mol. The molecule has 0 N–H and O–H groups in total. The first-order chi connectivity index (χ1) is 7.60. The summed E-state index contributed by atoms with van der Waals surface area (Å²) < 4.78 is 5.68. The molecule has 0 amide bonds. The van der Waals surface area contributed by atoms with Crippen LogP contribution >= 0.6 is 35.2 Å². The van der Waals surface area contributed by atoms with Crippen molar-refractivity contribution in [3.63, 3.8) is 0 Å². The molecule has 0 saturated heterocycles. The van der Waals surface area contributed by atoms with E-state index in [1.54, 1.807) is 19.1 Å². The highest BCUT2D eigenvalue weighted by atomic mass is 127. The topological polar surface area (TPSA) is 50.1 Å². The molecule has 0 spiro atoms. The van der Waals surface area contributed by atoms with Crippen LogP contribution in [-0.4, -0.2) is 12.6 Å². The molecule has 84 valence electrons. The Morgan fingerprint density at radius 3 is 2.88 bits per heavy atom. The fourth-order valence-corrected chi connectivity index (χ4v) is 2.33. The van der Waals surface area contributed by atoms with E-state index in [0.29, 0.717) is 17.1 Å². The summed E-state index contributed by atoms with van der Waals surface area (Å²) in [5.74, 6) is -0.303. The number of benzene rings is 1. The summed E-state index contributed by atoms with van der Waals surface area (Å²) >= 11 is 6.33. The molecule has 1 aromatic carbocycles. The van der Waals surface area contributed by atoms with Crippen LogP contribution in [0, 0.1) is 14.9 Å². The molecule has 1 aromatic rings. The molecule has 0 saturated carbocycles. The number of ether oxygens (including phenoxy) is 1. The number of halogens is 1. The Labute approximate surface area is 113 Å². The average molecular weight is 347 g/mol. The molecule has 0 radical (unpaired) electrons. The van der Waals surface area contributed by atoms with Crippen molar-refractivity contribution in [3.05, 3.63) is 26.8 Å². The third kappa shape index (κ3) is 3.12. The summed E-state index contributed by atoms with van der Waals surface area (Å²) in [4.78, 5) is 11.9. The standard InChI is InChI=1S/C11H10INO2S/c1-2-15-10(14)5-7-3-4-9(12)8(6-13)11(7)16/h3-4,16H,2,5H2,1H3. The second-order valence-electron chi connectivity index (χ2n) is 3.02. The maximum Gasteiger partial charge on any atom is 0.310 e. The summed E-state index contributed by atoms with van der Waals surface area (Å²) in [5, 5.41) is 8.94. The lowest BCUT2D eigenvalue weighted by molar-refractivity contribution is -0.142. The maximum atomic E-state index is 11.3. The number of nitrogens with zero attached hydrogens (tertiary/aromatic N) is 1. The van der Waals surface area contributed by atoms with Gasteiger partial charge in [0.2, 0.25) is 0 Å². The second kappa shape index (κ2) is 6.11. The largest absolute Gasteiger partial charge is 0.466 e. The van der Waals surface area contributed by atoms with Gasteiger partial charge in [-0.2, -0.15) is 5.26 Å². The van der Waals surface area contributed by atoms with Gasteiger partial charge in [-0.25, -0.2) is 0 Å². The highest BCUT2D eigenvalue weighted by Gasteiger charge is 2.12. The van der Waals surface area contributed by atoms with Crippen molar-refractivity contribution >= 4 is 41.2 Å². The van der Waals surface area contributed by atoms with Crippen LogP contribution < -0.4 is 0 Å². The van der Waals surface area contributed by atoms with Crippen molar-refractivity contribution < 1.29 is 9.53 Å². The van der Waals surface area contributed by atoms with E-state index >= 15 is 0 Å². The summed E-state index contributed by atoms with van der Waals surface area (Å²) in [6.07, 6.45) is 0.151. The number of rotatable bonds is 3. The van der Waals surface area contributed by atoms with Gasteiger partial charge in [0, 0.05) is 8.47 Å². The molecule has 0 aliphatic carbocycles. The van der Waals surface area contributed by atoms with Crippen molar-refractivity contribution in [2.45, 2.75) is 18.2 Å². The number of thiol groups is 1. The van der Waals surface area contributed by atoms with E-state index in [9.17, 15) is 4.79 Å². The van der Waals surface area contributed by atoms with Gasteiger partial charge in [-0.15, -0.1) is 12.6 Å². The molecule has 0 unspecified atom stereocenters. The van der Waals surface area contributed by atoms with Crippen LogP contribution in [0.3, 0.4) is 0 Å². The summed E-state index contributed by atoms with van der Waals surface area (Å²) in [7, 11) is 0. The smallest absolute Gasteiger partial charge is 0.310 e. The van der Waals surface area contributed by atoms with Gasteiger partial charge in [-0.05, 0) is 41.1 Å². The Morgan fingerprint density at radius 2 is 2.31 bits per heavy atom. The molecular formula is C11H10INO2S. The lowest BCUT2D eigenvalue weighted by Gasteiger charge is -2.07. The highest BCUT2D eigenvalue weighted by molar-refractivity contribution is 14.1. The van der Waals surface area contributed by atoms with Crippen molar-refractivity contribution in [3.8, 4) is 6.07 Å². The van der Waals surface area contributed by atoms with Crippen LogP contribution in [0.1, 0.15) is 18.1 Å². The lowest BCUT2D eigenvalue weighted by atomic mass is 10.1. The van der Waals surface area contributed by atoms with Gasteiger partial charge in [-0.1, -0.05) is 6.07 Å². The molecule has 0 heterocycles. The van der Waals surface area contributed by atoms with E-state index in [1.165, 1.54) is 0 Å². The maximum absolute atomic E-state index is 11.3. The summed E-state index contributed by atoms with van der Waals surface area (Å²) in [6, 6.07) is 5.67.